The zero-order valence-electron chi connectivity index (χ0n) is 14.3. The fourth-order valence-electron chi connectivity index (χ4n) is 2.78. The van der Waals surface area contributed by atoms with Gasteiger partial charge in [0.1, 0.15) is 5.82 Å². The normalized spacial score (nSPS) is 13.7. The molecule has 0 radical (unpaired) electrons. The van der Waals surface area contributed by atoms with Crippen molar-refractivity contribution >= 4 is 23.2 Å². The first-order chi connectivity index (χ1) is 11.4. The Kier molecular flexibility index (Phi) is 5.95. The second kappa shape index (κ2) is 7.95. The van der Waals surface area contributed by atoms with Crippen LogP contribution in [-0.2, 0) is 9.59 Å². The van der Waals surface area contributed by atoms with Crippen LogP contribution in [0.15, 0.2) is 30.4 Å². The molecule has 0 saturated carbocycles. The van der Waals surface area contributed by atoms with Gasteiger partial charge < -0.3 is 15.1 Å². The lowest BCUT2D eigenvalue weighted by atomic mass is 10.2. The third-order valence-corrected chi connectivity index (χ3v) is 3.98. The molecule has 1 aliphatic rings. The molecule has 6 heteroatoms. The summed E-state index contributed by atoms with van der Waals surface area (Å²) in [5.41, 5.74) is 1.61. The van der Waals surface area contributed by atoms with Gasteiger partial charge in [0.25, 0.3) is 0 Å². The predicted octanol–water partition coefficient (Wildman–Crippen LogP) is 2.79. The highest BCUT2D eigenvalue weighted by molar-refractivity contribution is 6.39. The lowest BCUT2D eigenvalue weighted by Gasteiger charge is -2.21. The molecule has 2 amide bonds. The van der Waals surface area contributed by atoms with E-state index in [1.807, 2.05) is 4.90 Å². The SMILES string of the molecule is C=C(C)CN(CC)C(=O)C(=O)Nc1ccc(N2CCCC2)c(F)c1. The Morgan fingerprint density at radius 2 is 2.00 bits per heavy atom. The fraction of sp³-hybridized carbons (Fsp3) is 0.444. The van der Waals surface area contributed by atoms with Crippen LogP contribution in [0.25, 0.3) is 0 Å². The van der Waals surface area contributed by atoms with Crippen molar-refractivity contribution in [2.24, 2.45) is 0 Å². The summed E-state index contributed by atoms with van der Waals surface area (Å²) in [5.74, 6) is -1.81. The zero-order chi connectivity index (χ0) is 17.7. The quantitative estimate of drug-likeness (QED) is 0.666. The Bertz CT molecular complexity index is 639. The van der Waals surface area contributed by atoms with Crippen LogP contribution in [0.3, 0.4) is 0 Å². The summed E-state index contributed by atoms with van der Waals surface area (Å²) in [6, 6.07) is 4.52. The number of carbonyl (C=O) groups excluding carboxylic acids is 2. The van der Waals surface area contributed by atoms with Gasteiger partial charge in [-0.3, -0.25) is 9.59 Å². The number of amides is 2. The molecule has 0 spiro atoms. The molecule has 2 rings (SSSR count). The first kappa shape index (κ1) is 18.0. The van der Waals surface area contributed by atoms with Gasteiger partial charge in [0.05, 0.1) is 5.69 Å². The summed E-state index contributed by atoms with van der Waals surface area (Å²) in [5, 5.41) is 2.47. The lowest BCUT2D eigenvalue weighted by Crippen LogP contribution is -2.40. The summed E-state index contributed by atoms with van der Waals surface area (Å²) >= 11 is 0. The van der Waals surface area contributed by atoms with E-state index < -0.39 is 17.6 Å². The maximum Gasteiger partial charge on any atom is 0.313 e. The van der Waals surface area contributed by atoms with Gasteiger partial charge in [-0.15, -0.1) is 0 Å². The lowest BCUT2D eigenvalue weighted by molar-refractivity contribution is -0.142. The first-order valence-electron chi connectivity index (χ1n) is 8.21. The van der Waals surface area contributed by atoms with E-state index in [0.717, 1.165) is 31.5 Å². The third kappa shape index (κ3) is 4.34. The Labute approximate surface area is 142 Å². The number of rotatable bonds is 5. The van der Waals surface area contributed by atoms with Gasteiger partial charge in [0.15, 0.2) is 0 Å². The Hall–Kier alpha value is -2.37. The molecular formula is C18H24FN3O2. The number of nitrogens with zero attached hydrogens (tertiary/aromatic N) is 2. The summed E-state index contributed by atoms with van der Waals surface area (Å²) in [6.07, 6.45) is 2.12. The third-order valence-electron chi connectivity index (χ3n) is 3.98. The molecule has 0 aliphatic carbocycles. The van der Waals surface area contributed by atoms with E-state index >= 15 is 0 Å². The van der Waals surface area contributed by atoms with E-state index in [9.17, 15) is 14.0 Å². The standard InChI is InChI=1S/C18H24FN3O2/c1-4-21(12-13(2)3)18(24)17(23)20-14-7-8-16(15(19)11-14)22-9-5-6-10-22/h7-8,11H,2,4-6,9-10,12H2,1,3H3,(H,20,23). The number of carbonyl (C=O) groups is 2. The van der Waals surface area contributed by atoms with Crippen molar-refractivity contribution in [2.75, 3.05) is 36.4 Å². The molecular weight excluding hydrogens is 309 g/mol. The topological polar surface area (TPSA) is 52.7 Å². The molecule has 1 aromatic rings. The highest BCUT2D eigenvalue weighted by Crippen LogP contribution is 2.26. The largest absolute Gasteiger partial charge is 0.369 e. The minimum absolute atomic E-state index is 0.278. The molecule has 0 unspecified atom stereocenters. The van der Waals surface area contributed by atoms with E-state index in [1.54, 1.807) is 26.0 Å². The van der Waals surface area contributed by atoms with Gasteiger partial charge in [0.2, 0.25) is 0 Å². The minimum Gasteiger partial charge on any atom is -0.369 e. The Morgan fingerprint density at radius 1 is 1.33 bits per heavy atom. The molecule has 1 N–H and O–H groups in total. The summed E-state index contributed by atoms with van der Waals surface area (Å²) in [4.78, 5) is 27.6. The van der Waals surface area contributed by atoms with Crippen LogP contribution in [-0.4, -0.2) is 42.9 Å². The van der Waals surface area contributed by atoms with E-state index in [4.69, 9.17) is 0 Å². The van der Waals surface area contributed by atoms with Gasteiger partial charge in [-0.2, -0.15) is 0 Å². The number of likely N-dealkylation sites (N-methyl/N-ethyl adjacent to an activating group) is 1. The summed E-state index contributed by atoms with van der Waals surface area (Å²) < 4.78 is 14.3. The fourth-order valence-corrected chi connectivity index (χ4v) is 2.78. The Morgan fingerprint density at radius 3 is 2.54 bits per heavy atom. The van der Waals surface area contributed by atoms with Crippen molar-refractivity contribution in [3.8, 4) is 0 Å². The summed E-state index contributed by atoms with van der Waals surface area (Å²) in [6.45, 7) is 9.74. The number of anilines is 2. The Balaban J connectivity index is 2.04. The van der Waals surface area contributed by atoms with Crippen LogP contribution < -0.4 is 10.2 Å². The van der Waals surface area contributed by atoms with Gasteiger partial charge in [-0.05, 0) is 44.9 Å². The second-order valence-electron chi connectivity index (χ2n) is 6.09. The van der Waals surface area contributed by atoms with Crippen molar-refractivity contribution in [1.82, 2.24) is 4.90 Å². The van der Waals surface area contributed by atoms with E-state index in [2.05, 4.69) is 11.9 Å². The van der Waals surface area contributed by atoms with Crippen molar-refractivity contribution in [1.29, 1.82) is 0 Å². The van der Waals surface area contributed by atoms with Crippen molar-refractivity contribution in [3.63, 3.8) is 0 Å². The van der Waals surface area contributed by atoms with Crippen LogP contribution >= 0.6 is 0 Å². The maximum atomic E-state index is 14.3. The number of hydrogen-bond donors (Lipinski definition) is 1. The van der Waals surface area contributed by atoms with E-state index in [-0.39, 0.29) is 5.69 Å². The van der Waals surface area contributed by atoms with Crippen LogP contribution in [0.1, 0.15) is 26.7 Å². The molecule has 1 heterocycles. The molecule has 1 fully saturated rings. The molecule has 0 bridgehead atoms. The highest BCUT2D eigenvalue weighted by atomic mass is 19.1. The zero-order valence-corrected chi connectivity index (χ0v) is 14.3. The first-order valence-corrected chi connectivity index (χ1v) is 8.21. The average molecular weight is 333 g/mol. The van der Waals surface area contributed by atoms with Crippen LogP contribution in [0.2, 0.25) is 0 Å². The molecule has 1 aromatic carbocycles. The molecule has 1 saturated heterocycles. The molecule has 0 aromatic heterocycles. The monoisotopic (exact) mass is 333 g/mol. The van der Waals surface area contributed by atoms with Crippen LogP contribution in [0, 0.1) is 5.82 Å². The number of nitrogens with one attached hydrogen (secondary N) is 1. The van der Waals surface area contributed by atoms with Crippen molar-refractivity contribution < 1.29 is 14.0 Å². The van der Waals surface area contributed by atoms with E-state index in [1.165, 1.54) is 11.0 Å². The second-order valence-corrected chi connectivity index (χ2v) is 6.09. The highest BCUT2D eigenvalue weighted by Gasteiger charge is 2.22. The maximum absolute atomic E-state index is 14.3. The minimum atomic E-state index is -0.772. The van der Waals surface area contributed by atoms with Gasteiger partial charge in [0, 0.05) is 31.9 Å². The van der Waals surface area contributed by atoms with Gasteiger partial charge in [-0.1, -0.05) is 12.2 Å². The number of halogens is 1. The van der Waals surface area contributed by atoms with Gasteiger partial charge >= 0.3 is 11.8 Å². The summed E-state index contributed by atoms with van der Waals surface area (Å²) in [7, 11) is 0. The average Bonchev–Trinajstić information content (AvgIpc) is 3.06. The molecule has 24 heavy (non-hydrogen) atoms. The van der Waals surface area contributed by atoms with Crippen molar-refractivity contribution in [2.45, 2.75) is 26.7 Å². The molecule has 130 valence electrons. The van der Waals surface area contributed by atoms with Crippen LogP contribution in [0.5, 0.6) is 0 Å². The molecule has 0 atom stereocenters. The number of hydrogen-bond acceptors (Lipinski definition) is 3. The van der Waals surface area contributed by atoms with Gasteiger partial charge in [-0.25, -0.2) is 4.39 Å². The molecule has 5 nitrogen and oxygen atoms in total. The smallest absolute Gasteiger partial charge is 0.313 e. The van der Waals surface area contributed by atoms with E-state index in [0.29, 0.717) is 18.8 Å². The number of benzene rings is 1. The molecule has 1 aliphatic heterocycles. The van der Waals surface area contributed by atoms with Crippen molar-refractivity contribution in [3.05, 3.63) is 36.2 Å². The van der Waals surface area contributed by atoms with Crippen LogP contribution in [0.4, 0.5) is 15.8 Å². The predicted molar refractivity (Wildman–Crippen MR) is 93.5 cm³/mol.